The molecule has 0 saturated carbocycles. The molecular formula is C12H14ClFN2O. The van der Waals surface area contributed by atoms with E-state index in [2.05, 4.69) is 10.6 Å². The molecule has 2 atom stereocenters. The van der Waals surface area contributed by atoms with Crippen molar-refractivity contribution in [3.05, 3.63) is 29.0 Å². The molecule has 92 valence electrons. The summed E-state index contributed by atoms with van der Waals surface area (Å²) in [6, 6.07) is 4.05. The van der Waals surface area contributed by atoms with Gasteiger partial charge in [-0.05, 0) is 31.0 Å². The minimum absolute atomic E-state index is 0.0556. The van der Waals surface area contributed by atoms with E-state index in [0.717, 1.165) is 13.0 Å². The third kappa shape index (κ3) is 2.58. The van der Waals surface area contributed by atoms with Gasteiger partial charge in [-0.25, -0.2) is 4.39 Å². The summed E-state index contributed by atoms with van der Waals surface area (Å²) < 4.78 is 13.5. The highest BCUT2D eigenvalue weighted by molar-refractivity contribution is 6.33. The molecule has 1 aliphatic rings. The number of hydrogen-bond donors (Lipinski definition) is 2. The van der Waals surface area contributed by atoms with Crippen LogP contribution < -0.4 is 10.6 Å². The van der Waals surface area contributed by atoms with Crippen molar-refractivity contribution in [2.45, 2.75) is 19.4 Å². The number of para-hydroxylation sites is 1. The summed E-state index contributed by atoms with van der Waals surface area (Å²) in [6.07, 6.45) is 0.948. The number of nitrogens with one attached hydrogen (secondary N) is 2. The number of halogens is 2. The maximum absolute atomic E-state index is 13.5. The molecule has 1 heterocycles. The van der Waals surface area contributed by atoms with Crippen molar-refractivity contribution in [2.75, 3.05) is 11.9 Å². The maximum atomic E-state index is 13.5. The number of rotatable bonds is 2. The minimum atomic E-state index is -0.517. The first-order valence-corrected chi connectivity index (χ1v) is 5.95. The first-order valence-electron chi connectivity index (χ1n) is 5.58. The Morgan fingerprint density at radius 3 is 2.94 bits per heavy atom. The SMILES string of the molecule is CC1CCNC1C(=O)Nc1c(F)cccc1Cl. The lowest BCUT2D eigenvalue weighted by molar-refractivity contribution is -0.118. The fourth-order valence-corrected chi connectivity index (χ4v) is 2.21. The topological polar surface area (TPSA) is 41.1 Å². The fourth-order valence-electron chi connectivity index (χ4n) is 2.00. The first kappa shape index (κ1) is 12.3. The van der Waals surface area contributed by atoms with Gasteiger partial charge in [0.15, 0.2) is 0 Å². The molecule has 0 spiro atoms. The molecule has 2 rings (SSSR count). The predicted octanol–water partition coefficient (Wildman–Crippen LogP) is 2.42. The van der Waals surface area contributed by atoms with Gasteiger partial charge in [0.25, 0.3) is 0 Å². The molecule has 0 aliphatic carbocycles. The highest BCUT2D eigenvalue weighted by Gasteiger charge is 2.29. The summed E-state index contributed by atoms with van der Waals surface area (Å²) >= 11 is 5.84. The second-order valence-corrected chi connectivity index (χ2v) is 4.69. The molecule has 0 radical (unpaired) electrons. The van der Waals surface area contributed by atoms with Crippen LogP contribution in [0.15, 0.2) is 18.2 Å². The van der Waals surface area contributed by atoms with Crippen molar-refractivity contribution in [2.24, 2.45) is 5.92 Å². The highest BCUT2D eigenvalue weighted by Crippen LogP contribution is 2.25. The molecular weight excluding hydrogens is 243 g/mol. The average Bonchev–Trinajstić information content (AvgIpc) is 2.70. The maximum Gasteiger partial charge on any atom is 0.241 e. The van der Waals surface area contributed by atoms with Crippen LogP contribution in [-0.4, -0.2) is 18.5 Å². The average molecular weight is 257 g/mol. The molecule has 3 nitrogen and oxygen atoms in total. The fraction of sp³-hybridized carbons (Fsp3) is 0.417. The number of hydrogen-bond acceptors (Lipinski definition) is 2. The van der Waals surface area contributed by atoms with E-state index < -0.39 is 5.82 Å². The Morgan fingerprint density at radius 2 is 2.35 bits per heavy atom. The van der Waals surface area contributed by atoms with Crippen LogP contribution in [0.2, 0.25) is 5.02 Å². The zero-order valence-electron chi connectivity index (χ0n) is 9.47. The Hall–Kier alpha value is -1.13. The standard InChI is InChI=1S/C12H14ClFN2O/c1-7-5-6-15-10(7)12(17)16-11-8(13)3-2-4-9(11)14/h2-4,7,10,15H,5-6H2,1H3,(H,16,17). The van der Waals surface area contributed by atoms with Crippen molar-refractivity contribution < 1.29 is 9.18 Å². The van der Waals surface area contributed by atoms with E-state index in [1.165, 1.54) is 12.1 Å². The number of anilines is 1. The normalized spacial score (nSPS) is 23.7. The zero-order chi connectivity index (χ0) is 12.4. The molecule has 2 N–H and O–H groups in total. The van der Waals surface area contributed by atoms with E-state index >= 15 is 0 Å². The summed E-state index contributed by atoms with van der Waals surface area (Å²) in [6.45, 7) is 2.80. The van der Waals surface area contributed by atoms with E-state index in [1.807, 2.05) is 6.92 Å². The third-order valence-electron chi connectivity index (χ3n) is 3.03. The van der Waals surface area contributed by atoms with Crippen molar-refractivity contribution in [1.82, 2.24) is 5.32 Å². The van der Waals surface area contributed by atoms with Crippen LogP contribution in [0.4, 0.5) is 10.1 Å². The van der Waals surface area contributed by atoms with Crippen LogP contribution in [0, 0.1) is 11.7 Å². The van der Waals surface area contributed by atoms with Crippen molar-refractivity contribution >= 4 is 23.2 Å². The predicted molar refractivity (Wildman–Crippen MR) is 65.6 cm³/mol. The van der Waals surface area contributed by atoms with Crippen molar-refractivity contribution in [3.63, 3.8) is 0 Å². The number of benzene rings is 1. The van der Waals surface area contributed by atoms with Gasteiger partial charge >= 0.3 is 0 Å². The Bertz CT molecular complexity index is 418. The lowest BCUT2D eigenvalue weighted by Crippen LogP contribution is -2.39. The van der Waals surface area contributed by atoms with Crippen LogP contribution in [0.1, 0.15) is 13.3 Å². The molecule has 1 fully saturated rings. The summed E-state index contributed by atoms with van der Waals surface area (Å²) in [7, 11) is 0. The Labute approximate surface area is 104 Å². The van der Waals surface area contributed by atoms with Gasteiger partial charge in [-0.15, -0.1) is 0 Å². The smallest absolute Gasteiger partial charge is 0.241 e. The number of carbonyl (C=O) groups excluding carboxylic acids is 1. The minimum Gasteiger partial charge on any atom is -0.321 e. The number of carbonyl (C=O) groups is 1. The van der Waals surface area contributed by atoms with E-state index in [4.69, 9.17) is 11.6 Å². The molecule has 0 aromatic heterocycles. The molecule has 1 aliphatic heterocycles. The lowest BCUT2D eigenvalue weighted by atomic mass is 10.0. The molecule has 5 heteroatoms. The van der Waals surface area contributed by atoms with E-state index in [0.29, 0.717) is 0 Å². The Balaban J connectivity index is 2.13. The van der Waals surface area contributed by atoms with E-state index in [-0.39, 0.29) is 28.6 Å². The Kier molecular flexibility index (Phi) is 3.64. The zero-order valence-corrected chi connectivity index (χ0v) is 10.2. The van der Waals surface area contributed by atoms with Crippen molar-refractivity contribution in [1.29, 1.82) is 0 Å². The lowest BCUT2D eigenvalue weighted by Gasteiger charge is -2.16. The summed E-state index contributed by atoms with van der Waals surface area (Å²) in [5, 5.41) is 5.84. The number of amides is 1. The second-order valence-electron chi connectivity index (χ2n) is 4.28. The summed E-state index contributed by atoms with van der Waals surface area (Å²) in [4.78, 5) is 11.9. The van der Waals surface area contributed by atoms with Gasteiger partial charge in [-0.3, -0.25) is 4.79 Å². The summed E-state index contributed by atoms with van der Waals surface area (Å²) in [5.41, 5.74) is 0.0556. The van der Waals surface area contributed by atoms with Gasteiger partial charge < -0.3 is 10.6 Å². The van der Waals surface area contributed by atoms with Crippen LogP contribution >= 0.6 is 11.6 Å². The van der Waals surface area contributed by atoms with Crippen LogP contribution in [-0.2, 0) is 4.79 Å². The second kappa shape index (κ2) is 5.02. The van der Waals surface area contributed by atoms with Crippen molar-refractivity contribution in [3.8, 4) is 0 Å². The summed E-state index contributed by atoms with van der Waals surface area (Å²) in [5.74, 6) is -0.501. The van der Waals surface area contributed by atoms with Crippen LogP contribution in [0.5, 0.6) is 0 Å². The molecule has 1 amide bonds. The van der Waals surface area contributed by atoms with Gasteiger partial charge in [0.05, 0.1) is 16.8 Å². The van der Waals surface area contributed by atoms with E-state index in [1.54, 1.807) is 6.07 Å². The molecule has 1 aromatic carbocycles. The highest BCUT2D eigenvalue weighted by atomic mass is 35.5. The van der Waals surface area contributed by atoms with Gasteiger partial charge in [0.1, 0.15) is 5.82 Å². The Morgan fingerprint density at radius 1 is 1.59 bits per heavy atom. The monoisotopic (exact) mass is 256 g/mol. The largest absolute Gasteiger partial charge is 0.321 e. The van der Waals surface area contributed by atoms with Gasteiger partial charge in [0, 0.05) is 0 Å². The molecule has 2 unspecified atom stereocenters. The van der Waals surface area contributed by atoms with Gasteiger partial charge in [-0.2, -0.15) is 0 Å². The quantitative estimate of drug-likeness (QED) is 0.853. The van der Waals surface area contributed by atoms with Crippen LogP contribution in [0.25, 0.3) is 0 Å². The molecule has 1 aromatic rings. The third-order valence-corrected chi connectivity index (χ3v) is 3.34. The molecule has 0 bridgehead atoms. The molecule has 17 heavy (non-hydrogen) atoms. The molecule has 1 saturated heterocycles. The van der Waals surface area contributed by atoms with Crippen LogP contribution in [0.3, 0.4) is 0 Å². The van der Waals surface area contributed by atoms with Gasteiger partial charge in [0.2, 0.25) is 5.91 Å². The van der Waals surface area contributed by atoms with Gasteiger partial charge in [-0.1, -0.05) is 24.6 Å². The first-order chi connectivity index (χ1) is 8.09. The van der Waals surface area contributed by atoms with E-state index in [9.17, 15) is 9.18 Å².